The van der Waals surface area contributed by atoms with Crippen LogP contribution in [-0.4, -0.2) is 27.6 Å². The van der Waals surface area contributed by atoms with Gasteiger partial charge in [-0.2, -0.15) is 0 Å². The number of aromatic hydroxyl groups is 1. The van der Waals surface area contributed by atoms with Crippen molar-refractivity contribution >= 4 is 17.3 Å². The van der Waals surface area contributed by atoms with Crippen molar-refractivity contribution in [3.63, 3.8) is 0 Å². The Hall–Kier alpha value is -2.43. The zero-order chi connectivity index (χ0) is 17.1. The van der Waals surface area contributed by atoms with Gasteiger partial charge in [0.2, 0.25) is 0 Å². The van der Waals surface area contributed by atoms with Crippen LogP contribution in [0.5, 0.6) is 5.75 Å². The molecule has 1 unspecified atom stereocenters. The number of allylic oxidation sites excluding steroid dienone is 2. The van der Waals surface area contributed by atoms with Gasteiger partial charge in [0.05, 0.1) is 11.1 Å². The summed E-state index contributed by atoms with van der Waals surface area (Å²) in [5, 5.41) is 20.2. The Morgan fingerprint density at radius 3 is 2.57 bits per heavy atom. The van der Waals surface area contributed by atoms with Crippen molar-refractivity contribution in [3.8, 4) is 5.75 Å². The van der Waals surface area contributed by atoms with Crippen LogP contribution in [0.15, 0.2) is 29.5 Å². The van der Waals surface area contributed by atoms with Gasteiger partial charge in [-0.25, -0.2) is 0 Å². The van der Waals surface area contributed by atoms with E-state index in [0.717, 1.165) is 0 Å². The summed E-state index contributed by atoms with van der Waals surface area (Å²) in [5.41, 5.74) is 0.661. The van der Waals surface area contributed by atoms with E-state index in [4.69, 9.17) is 0 Å². The van der Waals surface area contributed by atoms with E-state index >= 15 is 0 Å². The molecule has 0 saturated heterocycles. The summed E-state index contributed by atoms with van der Waals surface area (Å²) in [5.74, 6) is -1.82. The molecule has 2 rings (SSSR count). The summed E-state index contributed by atoms with van der Waals surface area (Å²) in [6.45, 7) is 3.18. The molecule has 0 heterocycles. The summed E-state index contributed by atoms with van der Waals surface area (Å²) < 4.78 is 0. The van der Waals surface area contributed by atoms with E-state index < -0.39 is 5.92 Å². The number of hydrogen-bond acceptors (Lipinski definition) is 5. The highest BCUT2D eigenvalue weighted by molar-refractivity contribution is 6.21. The molecule has 0 amide bonds. The molecule has 0 saturated carbocycles. The molecule has 1 aliphatic rings. The van der Waals surface area contributed by atoms with Crippen LogP contribution in [0.1, 0.15) is 61.4 Å². The SMILES string of the molecule is CCCC(=O)C1=C(O)C(c2ccc(O)c(C(C)=O)c2)CCC1=O. The first-order valence-electron chi connectivity index (χ1n) is 7.70. The summed E-state index contributed by atoms with van der Waals surface area (Å²) in [6.07, 6.45) is 1.36. The third kappa shape index (κ3) is 3.33. The standard InChI is InChI=1S/C18H20O5/c1-3-4-15(21)17-16(22)8-6-12(18(17)23)11-5-7-14(20)13(9-11)10(2)19/h5,7,9,12,20,23H,3-4,6,8H2,1-2H3. The zero-order valence-electron chi connectivity index (χ0n) is 13.3. The van der Waals surface area contributed by atoms with Crippen LogP contribution < -0.4 is 0 Å². The van der Waals surface area contributed by atoms with Gasteiger partial charge < -0.3 is 10.2 Å². The third-order valence-corrected chi connectivity index (χ3v) is 4.08. The molecule has 0 bridgehead atoms. The fraction of sp³-hybridized carbons (Fsp3) is 0.389. The fourth-order valence-electron chi connectivity index (χ4n) is 2.88. The van der Waals surface area contributed by atoms with Crippen LogP contribution in [0.3, 0.4) is 0 Å². The molecule has 5 nitrogen and oxygen atoms in total. The number of carbonyl (C=O) groups is 3. The number of phenolic OH excluding ortho intramolecular Hbond substituents is 1. The average Bonchev–Trinajstić information content (AvgIpc) is 2.48. The van der Waals surface area contributed by atoms with Crippen LogP contribution in [-0.2, 0) is 9.59 Å². The Bertz CT molecular complexity index is 699. The van der Waals surface area contributed by atoms with Gasteiger partial charge in [0.15, 0.2) is 17.3 Å². The molecule has 1 aromatic rings. The van der Waals surface area contributed by atoms with Crippen molar-refractivity contribution < 1.29 is 24.6 Å². The smallest absolute Gasteiger partial charge is 0.169 e. The average molecular weight is 316 g/mol. The van der Waals surface area contributed by atoms with Gasteiger partial charge in [0.1, 0.15) is 11.5 Å². The quantitative estimate of drug-likeness (QED) is 0.643. The van der Waals surface area contributed by atoms with E-state index in [1.807, 2.05) is 6.92 Å². The highest BCUT2D eigenvalue weighted by Gasteiger charge is 2.33. The second-order valence-electron chi connectivity index (χ2n) is 5.78. The number of Topliss-reactive ketones (excluding diaryl/α,β-unsaturated/α-hetero) is 3. The lowest BCUT2D eigenvalue weighted by molar-refractivity contribution is -0.122. The van der Waals surface area contributed by atoms with E-state index in [-0.39, 0.29) is 52.8 Å². The molecule has 122 valence electrons. The number of rotatable bonds is 5. The first-order chi connectivity index (χ1) is 10.9. The Labute approximate surface area is 134 Å². The maximum absolute atomic E-state index is 12.1. The number of phenols is 1. The van der Waals surface area contributed by atoms with E-state index in [9.17, 15) is 24.6 Å². The van der Waals surface area contributed by atoms with Crippen molar-refractivity contribution in [3.05, 3.63) is 40.7 Å². The molecule has 1 aliphatic carbocycles. The lowest BCUT2D eigenvalue weighted by Crippen LogP contribution is -2.24. The number of aliphatic hydroxyl groups is 1. The predicted molar refractivity (Wildman–Crippen MR) is 84.7 cm³/mol. The first kappa shape index (κ1) is 16.9. The molecule has 23 heavy (non-hydrogen) atoms. The topological polar surface area (TPSA) is 91.7 Å². The molecule has 0 spiro atoms. The highest BCUT2D eigenvalue weighted by Crippen LogP contribution is 2.37. The van der Waals surface area contributed by atoms with Gasteiger partial charge in [-0.05, 0) is 37.5 Å². The minimum atomic E-state index is -0.512. The van der Waals surface area contributed by atoms with Gasteiger partial charge in [-0.15, -0.1) is 0 Å². The molecule has 0 fully saturated rings. The maximum Gasteiger partial charge on any atom is 0.169 e. The van der Waals surface area contributed by atoms with Crippen molar-refractivity contribution in [2.24, 2.45) is 0 Å². The Kier molecular flexibility index (Phi) is 4.98. The second kappa shape index (κ2) is 6.77. The van der Waals surface area contributed by atoms with Crippen LogP contribution in [0.2, 0.25) is 0 Å². The molecule has 0 aromatic heterocycles. The monoisotopic (exact) mass is 316 g/mol. The molecule has 2 N–H and O–H groups in total. The van der Waals surface area contributed by atoms with Gasteiger partial charge in [0, 0.05) is 18.8 Å². The molecular formula is C18H20O5. The Balaban J connectivity index is 2.47. The maximum atomic E-state index is 12.1. The van der Waals surface area contributed by atoms with Gasteiger partial charge in [0.25, 0.3) is 0 Å². The number of aliphatic hydroxyl groups excluding tert-OH is 1. The Morgan fingerprint density at radius 2 is 1.96 bits per heavy atom. The minimum absolute atomic E-state index is 0.111. The van der Waals surface area contributed by atoms with E-state index in [2.05, 4.69) is 0 Å². The number of hydrogen-bond donors (Lipinski definition) is 2. The minimum Gasteiger partial charge on any atom is -0.511 e. The van der Waals surface area contributed by atoms with Crippen molar-refractivity contribution in [2.75, 3.05) is 0 Å². The van der Waals surface area contributed by atoms with E-state index in [0.29, 0.717) is 18.4 Å². The lowest BCUT2D eigenvalue weighted by atomic mass is 9.80. The highest BCUT2D eigenvalue weighted by atomic mass is 16.3. The van der Waals surface area contributed by atoms with Gasteiger partial charge in [-0.3, -0.25) is 14.4 Å². The van der Waals surface area contributed by atoms with Gasteiger partial charge in [-0.1, -0.05) is 13.0 Å². The van der Waals surface area contributed by atoms with Crippen molar-refractivity contribution in [2.45, 2.75) is 45.4 Å². The third-order valence-electron chi connectivity index (χ3n) is 4.08. The van der Waals surface area contributed by atoms with Crippen LogP contribution in [0.4, 0.5) is 0 Å². The largest absolute Gasteiger partial charge is 0.511 e. The number of benzene rings is 1. The second-order valence-corrected chi connectivity index (χ2v) is 5.78. The molecular weight excluding hydrogens is 296 g/mol. The summed E-state index contributed by atoms with van der Waals surface area (Å²) in [7, 11) is 0. The molecule has 1 aromatic carbocycles. The molecule has 5 heteroatoms. The Morgan fingerprint density at radius 1 is 1.26 bits per heavy atom. The summed E-state index contributed by atoms with van der Waals surface area (Å²) in [6, 6.07) is 4.50. The number of ketones is 3. The molecule has 0 aliphatic heterocycles. The van der Waals surface area contributed by atoms with Crippen molar-refractivity contribution in [1.82, 2.24) is 0 Å². The predicted octanol–water partition coefficient (Wildman–Crippen LogP) is 3.22. The number of carbonyl (C=O) groups excluding carboxylic acids is 3. The van der Waals surface area contributed by atoms with Crippen molar-refractivity contribution in [1.29, 1.82) is 0 Å². The van der Waals surface area contributed by atoms with Crippen LogP contribution in [0, 0.1) is 0 Å². The molecule has 1 atom stereocenters. The lowest BCUT2D eigenvalue weighted by Gasteiger charge is -2.24. The first-order valence-corrected chi connectivity index (χ1v) is 7.70. The van der Waals surface area contributed by atoms with Crippen LogP contribution >= 0.6 is 0 Å². The van der Waals surface area contributed by atoms with Crippen LogP contribution in [0.25, 0.3) is 0 Å². The summed E-state index contributed by atoms with van der Waals surface area (Å²) in [4.78, 5) is 35.6. The summed E-state index contributed by atoms with van der Waals surface area (Å²) >= 11 is 0. The van der Waals surface area contributed by atoms with E-state index in [1.165, 1.54) is 19.1 Å². The molecule has 0 radical (unpaired) electrons. The van der Waals surface area contributed by atoms with Gasteiger partial charge >= 0.3 is 0 Å². The zero-order valence-corrected chi connectivity index (χ0v) is 13.3. The fourth-order valence-corrected chi connectivity index (χ4v) is 2.88. The normalized spacial score (nSPS) is 18.2. The van der Waals surface area contributed by atoms with E-state index in [1.54, 1.807) is 6.07 Å².